The summed E-state index contributed by atoms with van der Waals surface area (Å²) >= 11 is 0. The van der Waals surface area contributed by atoms with Crippen molar-refractivity contribution in [1.82, 2.24) is 0 Å². The van der Waals surface area contributed by atoms with Crippen LogP contribution in [0.15, 0.2) is 53.2 Å². The number of aliphatic imine (C=N–C) groups is 1. The van der Waals surface area contributed by atoms with Crippen LogP contribution in [0.3, 0.4) is 0 Å². The van der Waals surface area contributed by atoms with Gasteiger partial charge >= 0.3 is 5.97 Å². The van der Waals surface area contributed by atoms with Gasteiger partial charge < -0.3 is 14.2 Å². The minimum Gasteiger partial charge on any atom is -0.493 e. The molecule has 0 atom stereocenters. The standard InChI is InChI=1S/C21H19NO4/c1-21(2)12-15-9-13(11-17(24-3)18(15)26-21)10-16-20(23)25-19(22-16)14-7-5-4-6-8-14/h4-11H,12H2,1-3H3. The van der Waals surface area contributed by atoms with Gasteiger partial charge in [0.2, 0.25) is 5.90 Å². The van der Waals surface area contributed by atoms with Crippen molar-refractivity contribution < 1.29 is 19.0 Å². The molecule has 5 heteroatoms. The Hall–Kier alpha value is -3.08. The van der Waals surface area contributed by atoms with Crippen LogP contribution in [0.4, 0.5) is 0 Å². The molecule has 2 aliphatic rings. The zero-order valence-electron chi connectivity index (χ0n) is 14.9. The Morgan fingerprint density at radius 1 is 1.19 bits per heavy atom. The van der Waals surface area contributed by atoms with Crippen molar-refractivity contribution in [2.24, 2.45) is 4.99 Å². The number of methoxy groups -OCH3 is 1. The molecular weight excluding hydrogens is 330 g/mol. The van der Waals surface area contributed by atoms with Crippen molar-refractivity contribution in [3.8, 4) is 11.5 Å². The molecule has 2 aromatic carbocycles. The number of esters is 1. The molecule has 0 spiro atoms. The predicted octanol–water partition coefficient (Wildman–Crippen LogP) is 3.75. The largest absolute Gasteiger partial charge is 0.493 e. The Morgan fingerprint density at radius 3 is 2.69 bits per heavy atom. The highest BCUT2D eigenvalue weighted by atomic mass is 16.6. The molecule has 26 heavy (non-hydrogen) atoms. The maximum atomic E-state index is 12.2. The lowest BCUT2D eigenvalue weighted by Gasteiger charge is -2.17. The van der Waals surface area contributed by atoms with E-state index in [-0.39, 0.29) is 11.3 Å². The number of carbonyl (C=O) groups is 1. The third kappa shape index (κ3) is 2.96. The van der Waals surface area contributed by atoms with E-state index < -0.39 is 5.97 Å². The first-order valence-electron chi connectivity index (χ1n) is 8.43. The van der Waals surface area contributed by atoms with Gasteiger partial charge in [-0.1, -0.05) is 18.2 Å². The van der Waals surface area contributed by atoms with Gasteiger partial charge in [0.1, 0.15) is 5.60 Å². The van der Waals surface area contributed by atoms with Crippen molar-refractivity contribution >= 4 is 17.9 Å². The van der Waals surface area contributed by atoms with Crippen LogP contribution < -0.4 is 9.47 Å². The van der Waals surface area contributed by atoms with Crippen molar-refractivity contribution in [2.75, 3.05) is 7.11 Å². The van der Waals surface area contributed by atoms with E-state index in [0.29, 0.717) is 11.6 Å². The molecule has 5 nitrogen and oxygen atoms in total. The Balaban J connectivity index is 1.71. The molecule has 0 saturated carbocycles. The second-order valence-corrected chi connectivity index (χ2v) is 6.95. The zero-order valence-corrected chi connectivity index (χ0v) is 14.9. The molecule has 0 N–H and O–H groups in total. The Morgan fingerprint density at radius 2 is 1.96 bits per heavy atom. The first-order valence-corrected chi connectivity index (χ1v) is 8.43. The molecule has 2 aliphatic heterocycles. The number of hydrogen-bond acceptors (Lipinski definition) is 5. The molecule has 0 saturated heterocycles. The van der Waals surface area contributed by atoms with Crippen LogP contribution in [0.5, 0.6) is 11.5 Å². The maximum absolute atomic E-state index is 12.2. The minimum absolute atomic E-state index is 0.268. The monoisotopic (exact) mass is 349 g/mol. The van der Waals surface area contributed by atoms with Gasteiger partial charge in [0.15, 0.2) is 17.2 Å². The summed E-state index contributed by atoms with van der Waals surface area (Å²) in [5.41, 5.74) is 2.65. The number of nitrogens with zero attached hydrogens (tertiary/aromatic N) is 1. The van der Waals surface area contributed by atoms with Crippen LogP contribution in [0.1, 0.15) is 30.5 Å². The molecule has 0 unspecified atom stereocenters. The summed E-state index contributed by atoms with van der Waals surface area (Å²) in [6.07, 6.45) is 2.49. The summed E-state index contributed by atoms with van der Waals surface area (Å²) in [5, 5.41) is 0. The van der Waals surface area contributed by atoms with Crippen LogP contribution >= 0.6 is 0 Å². The second-order valence-electron chi connectivity index (χ2n) is 6.95. The van der Waals surface area contributed by atoms with Crippen LogP contribution in [0.2, 0.25) is 0 Å². The number of cyclic esters (lactones) is 1. The van der Waals surface area contributed by atoms with E-state index in [9.17, 15) is 4.79 Å². The second kappa shape index (κ2) is 6.02. The Kier molecular flexibility index (Phi) is 3.80. The summed E-state index contributed by atoms with van der Waals surface area (Å²) in [7, 11) is 1.61. The highest BCUT2D eigenvalue weighted by Gasteiger charge is 2.33. The minimum atomic E-state index is -0.458. The quantitative estimate of drug-likeness (QED) is 0.625. The molecule has 132 valence electrons. The topological polar surface area (TPSA) is 57.1 Å². The van der Waals surface area contributed by atoms with Crippen LogP contribution in [0.25, 0.3) is 6.08 Å². The van der Waals surface area contributed by atoms with E-state index in [0.717, 1.165) is 28.9 Å². The highest BCUT2D eigenvalue weighted by Crippen LogP contribution is 2.43. The summed E-state index contributed by atoms with van der Waals surface area (Å²) in [6, 6.07) is 13.2. The van der Waals surface area contributed by atoms with Crippen LogP contribution in [-0.4, -0.2) is 24.6 Å². The normalized spacial score (nSPS) is 19.0. The molecule has 0 fully saturated rings. The molecule has 2 heterocycles. The Bertz CT molecular complexity index is 942. The van der Waals surface area contributed by atoms with E-state index in [1.54, 1.807) is 13.2 Å². The molecule has 0 radical (unpaired) electrons. The lowest BCUT2D eigenvalue weighted by molar-refractivity contribution is -0.129. The smallest absolute Gasteiger partial charge is 0.363 e. The third-order valence-corrected chi connectivity index (χ3v) is 4.31. The molecular formula is C21H19NO4. The Labute approximate surface area is 151 Å². The predicted molar refractivity (Wildman–Crippen MR) is 98.5 cm³/mol. The molecule has 4 rings (SSSR count). The first-order chi connectivity index (χ1) is 12.4. The molecule has 0 amide bonds. The lowest BCUT2D eigenvalue weighted by Crippen LogP contribution is -2.24. The number of benzene rings is 2. The fourth-order valence-electron chi connectivity index (χ4n) is 3.21. The number of ether oxygens (including phenoxy) is 3. The molecule has 0 bridgehead atoms. The summed E-state index contributed by atoms with van der Waals surface area (Å²) < 4.78 is 16.7. The fourth-order valence-corrected chi connectivity index (χ4v) is 3.21. The maximum Gasteiger partial charge on any atom is 0.363 e. The average Bonchev–Trinajstić information content (AvgIpc) is 3.13. The van der Waals surface area contributed by atoms with Crippen molar-refractivity contribution in [3.63, 3.8) is 0 Å². The number of carbonyl (C=O) groups excluding carboxylic acids is 1. The van der Waals surface area contributed by atoms with Gasteiger partial charge in [-0.05, 0) is 49.8 Å². The van der Waals surface area contributed by atoms with Gasteiger partial charge in [-0.2, -0.15) is 0 Å². The molecule has 0 aromatic heterocycles. The van der Waals surface area contributed by atoms with Gasteiger partial charge in [-0.25, -0.2) is 9.79 Å². The third-order valence-electron chi connectivity index (χ3n) is 4.31. The molecule has 2 aromatic rings. The summed E-state index contributed by atoms with van der Waals surface area (Å²) in [6.45, 7) is 4.07. The van der Waals surface area contributed by atoms with Gasteiger partial charge in [0.05, 0.1) is 7.11 Å². The van der Waals surface area contributed by atoms with Crippen LogP contribution in [0, 0.1) is 0 Å². The lowest BCUT2D eigenvalue weighted by atomic mass is 9.99. The van der Waals surface area contributed by atoms with Gasteiger partial charge in [0.25, 0.3) is 0 Å². The van der Waals surface area contributed by atoms with E-state index >= 15 is 0 Å². The average molecular weight is 349 g/mol. The van der Waals surface area contributed by atoms with Crippen molar-refractivity contribution in [3.05, 3.63) is 64.9 Å². The highest BCUT2D eigenvalue weighted by molar-refractivity contribution is 6.12. The van der Waals surface area contributed by atoms with Gasteiger partial charge in [-0.3, -0.25) is 0 Å². The summed E-state index contributed by atoms with van der Waals surface area (Å²) in [4.78, 5) is 16.5. The zero-order chi connectivity index (χ0) is 18.3. The van der Waals surface area contributed by atoms with E-state index in [1.165, 1.54) is 0 Å². The fraction of sp³-hybridized carbons (Fsp3) is 0.238. The van der Waals surface area contributed by atoms with Crippen molar-refractivity contribution in [2.45, 2.75) is 25.9 Å². The van der Waals surface area contributed by atoms with Gasteiger partial charge in [0, 0.05) is 17.5 Å². The van der Waals surface area contributed by atoms with E-state index in [4.69, 9.17) is 14.2 Å². The number of fused-ring (bicyclic) bond motifs is 1. The molecule has 0 aliphatic carbocycles. The van der Waals surface area contributed by atoms with Crippen LogP contribution in [-0.2, 0) is 16.0 Å². The number of rotatable bonds is 3. The van der Waals surface area contributed by atoms with E-state index in [1.807, 2.05) is 56.3 Å². The van der Waals surface area contributed by atoms with Crippen molar-refractivity contribution in [1.29, 1.82) is 0 Å². The summed E-state index contributed by atoms with van der Waals surface area (Å²) in [5.74, 6) is 1.28. The first kappa shape index (κ1) is 16.4. The number of hydrogen-bond donors (Lipinski definition) is 0. The van der Waals surface area contributed by atoms with Gasteiger partial charge in [-0.15, -0.1) is 0 Å². The van der Waals surface area contributed by atoms with E-state index in [2.05, 4.69) is 4.99 Å². The SMILES string of the molecule is COc1cc(C=C2N=C(c3ccccc3)OC2=O)cc2c1OC(C)(C)C2.